The van der Waals surface area contributed by atoms with E-state index in [0.717, 1.165) is 0 Å². The third-order valence-corrected chi connectivity index (χ3v) is 0.258. The Bertz CT molecular complexity index is 44.9. The summed E-state index contributed by atoms with van der Waals surface area (Å²) in [6.45, 7) is 0. The topological polar surface area (TPSA) is 90.4 Å². The Hall–Kier alpha value is -0.770. The maximum absolute atomic E-state index is 4.82. The van der Waals surface area contributed by atoms with E-state index in [1.165, 1.54) is 14.1 Å². The molecule has 0 saturated carbocycles. The van der Waals surface area contributed by atoms with Crippen molar-refractivity contribution in [3.05, 3.63) is 0 Å². The van der Waals surface area contributed by atoms with E-state index in [9.17, 15) is 0 Å². The van der Waals surface area contributed by atoms with Crippen LogP contribution in [0, 0.1) is 0 Å². The molecule has 44 valence electrons. The molecule has 0 aromatic heterocycles. The second-order valence-electron chi connectivity index (χ2n) is 0.648. The molecule has 0 amide bonds. The second kappa shape index (κ2) is 8.97. The summed E-state index contributed by atoms with van der Waals surface area (Å²) in [6.07, 6.45) is 0. The summed E-state index contributed by atoms with van der Waals surface area (Å²) >= 11 is 0. The average molecular weight is 104 g/mol. The van der Waals surface area contributed by atoms with Gasteiger partial charge in [-0.05, 0) is 7.05 Å². The zero-order valence-corrected chi connectivity index (χ0v) is 4.68. The molecular weight excluding hydrogens is 92.1 g/mol. The first-order valence-corrected chi connectivity index (χ1v) is 1.83. The molecule has 0 heterocycles. The number of hydrogen-bond donors (Lipinski definition) is 3. The summed E-state index contributed by atoms with van der Waals surface area (Å²) < 4.78 is 0. The monoisotopic (exact) mass is 104 g/mol. The Kier molecular flexibility index (Phi) is 12.2. The highest BCUT2D eigenvalue weighted by Crippen LogP contribution is 1.40. The molecular formula is C3H12N4. The van der Waals surface area contributed by atoms with Crippen molar-refractivity contribution in [1.29, 1.82) is 0 Å². The van der Waals surface area contributed by atoms with Gasteiger partial charge >= 0.3 is 0 Å². The molecule has 7 heavy (non-hydrogen) atoms. The standard InChI is InChI=1S/C2H7N3.CH5N/c1-5-2(3)4;1-2/h1H3,(H4,3,4,5);2H2,1H3. The van der Waals surface area contributed by atoms with Crippen molar-refractivity contribution >= 4 is 5.96 Å². The van der Waals surface area contributed by atoms with Crippen molar-refractivity contribution < 1.29 is 0 Å². The molecule has 0 aliphatic carbocycles. The lowest BCUT2D eigenvalue weighted by Gasteiger charge is -1.77. The predicted octanol–water partition coefficient (Wildman–Crippen LogP) is -1.54. The van der Waals surface area contributed by atoms with E-state index in [1.54, 1.807) is 0 Å². The number of aliphatic imine (C=N–C) groups is 1. The van der Waals surface area contributed by atoms with E-state index >= 15 is 0 Å². The van der Waals surface area contributed by atoms with E-state index in [-0.39, 0.29) is 5.96 Å². The van der Waals surface area contributed by atoms with Crippen molar-refractivity contribution in [2.75, 3.05) is 14.1 Å². The second-order valence-corrected chi connectivity index (χ2v) is 0.648. The Morgan fingerprint density at radius 2 is 1.43 bits per heavy atom. The molecule has 0 bridgehead atoms. The fourth-order valence-electron chi connectivity index (χ4n) is 0. The highest BCUT2D eigenvalue weighted by atomic mass is 15.0. The number of nitrogens with two attached hydrogens (primary N) is 3. The lowest BCUT2D eigenvalue weighted by atomic mass is 11.1. The largest absolute Gasteiger partial charge is 0.370 e. The maximum atomic E-state index is 4.82. The van der Waals surface area contributed by atoms with Crippen molar-refractivity contribution in [1.82, 2.24) is 0 Å². The predicted molar refractivity (Wildman–Crippen MR) is 31.8 cm³/mol. The van der Waals surface area contributed by atoms with Gasteiger partial charge in [-0.15, -0.1) is 0 Å². The van der Waals surface area contributed by atoms with Gasteiger partial charge in [-0.25, -0.2) is 0 Å². The molecule has 0 aromatic carbocycles. The number of guanidine groups is 1. The third kappa shape index (κ3) is 36.1. The van der Waals surface area contributed by atoms with Crippen LogP contribution >= 0.6 is 0 Å². The zero-order valence-electron chi connectivity index (χ0n) is 4.68. The molecule has 0 rings (SSSR count). The molecule has 4 nitrogen and oxygen atoms in total. The first kappa shape index (κ1) is 9.52. The normalized spacial score (nSPS) is 5.57. The molecule has 0 atom stereocenters. The van der Waals surface area contributed by atoms with Gasteiger partial charge in [0.15, 0.2) is 5.96 Å². The lowest BCUT2D eigenvalue weighted by Crippen LogP contribution is -2.21. The Morgan fingerprint density at radius 1 is 1.29 bits per heavy atom. The summed E-state index contributed by atoms with van der Waals surface area (Å²) in [5.41, 5.74) is 14.1. The van der Waals surface area contributed by atoms with Crippen molar-refractivity contribution in [3.8, 4) is 0 Å². The van der Waals surface area contributed by atoms with E-state index in [0.29, 0.717) is 0 Å². The van der Waals surface area contributed by atoms with E-state index in [1.807, 2.05) is 0 Å². The van der Waals surface area contributed by atoms with Gasteiger partial charge in [0.1, 0.15) is 0 Å². The average Bonchev–Trinajstić information content (AvgIpc) is 1.73. The molecule has 0 aromatic rings. The minimum Gasteiger partial charge on any atom is -0.370 e. The molecule has 0 radical (unpaired) electrons. The van der Waals surface area contributed by atoms with Gasteiger partial charge < -0.3 is 17.2 Å². The van der Waals surface area contributed by atoms with Crippen LogP contribution < -0.4 is 17.2 Å². The number of rotatable bonds is 0. The van der Waals surface area contributed by atoms with Crippen molar-refractivity contribution in [2.24, 2.45) is 22.2 Å². The van der Waals surface area contributed by atoms with E-state index in [4.69, 9.17) is 11.5 Å². The highest BCUT2D eigenvalue weighted by molar-refractivity contribution is 5.75. The Labute approximate surface area is 43.4 Å². The fourth-order valence-corrected chi connectivity index (χ4v) is 0. The summed E-state index contributed by atoms with van der Waals surface area (Å²) in [4.78, 5) is 3.36. The van der Waals surface area contributed by atoms with Crippen LogP contribution in [0.4, 0.5) is 0 Å². The Balaban J connectivity index is 0. The summed E-state index contributed by atoms with van der Waals surface area (Å²) in [6, 6.07) is 0. The van der Waals surface area contributed by atoms with Crippen molar-refractivity contribution in [3.63, 3.8) is 0 Å². The molecule has 0 saturated heterocycles. The Morgan fingerprint density at radius 3 is 1.43 bits per heavy atom. The van der Waals surface area contributed by atoms with Gasteiger partial charge in [-0.3, -0.25) is 4.99 Å². The van der Waals surface area contributed by atoms with Gasteiger partial charge in [0.25, 0.3) is 0 Å². The molecule has 0 aliphatic rings. The van der Waals surface area contributed by atoms with Gasteiger partial charge in [-0.1, -0.05) is 0 Å². The molecule has 0 spiro atoms. The molecule has 4 heteroatoms. The molecule has 0 fully saturated rings. The third-order valence-electron chi connectivity index (χ3n) is 0.258. The smallest absolute Gasteiger partial charge is 0.185 e. The van der Waals surface area contributed by atoms with E-state index in [2.05, 4.69) is 10.7 Å². The van der Waals surface area contributed by atoms with Crippen molar-refractivity contribution in [2.45, 2.75) is 0 Å². The SMILES string of the molecule is CN.CN=C(N)N. The summed E-state index contributed by atoms with van der Waals surface area (Å²) in [5.74, 6) is 0.130. The van der Waals surface area contributed by atoms with Gasteiger partial charge in [0.2, 0.25) is 0 Å². The quantitative estimate of drug-likeness (QED) is 0.257. The van der Waals surface area contributed by atoms with Crippen LogP contribution in [0.1, 0.15) is 0 Å². The lowest BCUT2D eigenvalue weighted by molar-refractivity contribution is 1.36. The van der Waals surface area contributed by atoms with Gasteiger partial charge in [0, 0.05) is 7.05 Å². The number of hydrogen-bond acceptors (Lipinski definition) is 2. The van der Waals surface area contributed by atoms with Crippen LogP contribution in [0.25, 0.3) is 0 Å². The van der Waals surface area contributed by atoms with Crippen LogP contribution in [0.5, 0.6) is 0 Å². The number of nitrogens with zero attached hydrogens (tertiary/aromatic N) is 1. The van der Waals surface area contributed by atoms with Gasteiger partial charge in [0.05, 0.1) is 0 Å². The van der Waals surface area contributed by atoms with Crippen LogP contribution in [-0.2, 0) is 0 Å². The van der Waals surface area contributed by atoms with Crippen LogP contribution in [0.15, 0.2) is 4.99 Å². The van der Waals surface area contributed by atoms with Gasteiger partial charge in [-0.2, -0.15) is 0 Å². The molecule has 0 aliphatic heterocycles. The minimum atomic E-state index is 0.130. The molecule has 6 N–H and O–H groups in total. The highest BCUT2D eigenvalue weighted by Gasteiger charge is 1.61. The first-order valence-electron chi connectivity index (χ1n) is 1.83. The van der Waals surface area contributed by atoms with E-state index < -0.39 is 0 Å². The minimum absolute atomic E-state index is 0.130. The summed E-state index contributed by atoms with van der Waals surface area (Å²) in [7, 11) is 3.04. The van der Waals surface area contributed by atoms with Crippen LogP contribution in [0.2, 0.25) is 0 Å². The zero-order chi connectivity index (χ0) is 6.28. The van der Waals surface area contributed by atoms with Crippen LogP contribution in [-0.4, -0.2) is 20.1 Å². The maximum Gasteiger partial charge on any atom is 0.185 e. The first-order chi connectivity index (χ1) is 3.27. The van der Waals surface area contributed by atoms with Crippen LogP contribution in [0.3, 0.4) is 0 Å². The molecule has 0 unspecified atom stereocenters. The fraction of sp³-hybridized carbons (Fsp3) is 0.667. The summed E-state index contributed by atoms with van der Waals surface area (Å²) in [5, 5.41) is 0.